The number of oxime groups is 1. The summed E-state index contributed by atoms with van der Waals surface area (Å²) >= 11 is 1.67. The van der Waals surface area contributed by atoms with E-state index >= 15 is 0 Å². The van der Waals surface area contributed by atoms with Crippen molar-refractivity contribution in [2.45, 2.75) is 34.1 Å². The molecule has 0 heterocycles. The molecule has 1 N–H and O–H groups in total. The summed E-state index contributed by atoms with van der Waals surface area (Å²) in [6.07, 6.45) is 0.874. The smallest absolute Gasteiger partial charge is 0.113 e. The molecular formula is C11H24ClN2OS-. The van der Waals surface area contributed by atoms with E-state index in [0.29, 0.717) is 5.92 Å². The van der Waals surface area contributed by atoms with Crippen LogP contribution in [-0.2, 0) is 0 Å². The predicted molar refractivity (Wildman–Crippen MR) is 68.9 cm³/mol. The Labute approximate surface area is 110 Å². The van der Waals surface area contributed by atoms with Crippen LogP contribution in [0.5, 0.6) is 0 Å². The van der Waals surface area contributed by atoms with Gasteiger partial charge in [0.15, 0.2) is 0 Å². The molecule has 0 aromatic rings. The first-order chi connectivity index (χ1) is 7.13. The van der Waals surface area contributed by atoms with Crippen LogP contribution in [0.3, 0.4) is 0 Å². The summed E-state index contributed by atoms with van der Waals surface area (Å²) in [6, 6.07) is 0. The van der Waals surface area contributed by atoms with Crippen LogP contribution in [0.15, 0.2) is 5.16 Å². The Hall–Kier alpha value is 0.0700. The standard InChI is InChI=1S/C11H24N2OS.ClH/c1-5-13(6-2)7-8-15-11(12-14)9-10(3)4;/h10,14H,5-9H2,1-4H3;1H/p-1/b12-11+;. The second-order valence-corrected chi connectivity index (χ2v) is 5.14. The number of halogens is 1. The van der Waals surface area contributed by atoms with E-state index in [1.165, 1.54) is 0 Å². The van der Waals surface area contributed by atoms with E-state index in [1.54, 1.807) is 11.8 Å². The van der Waals surface area contributed by atoms with Crippen molar-refractivity contribution in [1.82, 2.24) is 4.90 Å². The fourth-order valence-electron chi connectivity index (χ4n) is 1.31. The molecule has 0 unspecified atom stereocenters. The van der Waals surface area contributed by atoms with Crippen molar-refractivity contribution in [3.8, 4) is 0 Å². The number of nitrogens with zero attached hydrogens (tertiary/aromatic N) is 2. The first kappa shape index (κ1) is 18.4. The van der Waals surface area contributed by atoms with E-state index in [9.17, 15) is 0 Å². The topological polar surface area (TPSA) is 35.8 Å². The Bertz CT molecular complexity index is 185. The molecule has 0 amide bonds. The van der Waals surface area contributed by atoms with Crippen molar-refractivity contribution in [3.63, 3.8) is 0 Å². The fourth-order valence-corrected chi connectivity index (χ4v) is 2.40. The zero-order valence-electron chi connectivity index (χ0n) is 10.7. The second-order valence-electron chi connectivity index (χ2n) is 3.97. The summed E-state index contributed by atoms with van der Waals surface area (Å²) in [6.45, 7) is 11.9. The molecule has 0 saturated heterocycles. The maximum absolute atomic E-state index is 8.81. The normalized spacial score (nSPS) is 12.0. The van der Waals surface area contributed by atoms with Crippen LogP contribution in [0.4, 0.5) is 0 Å². The van der Waals surface area contributed by atoms with Crippen molar-refractivity contribution >= 4 is 16.8 Å². The van der Waals surface area contributed by atoms with Gasteiger partial charge in [-0.3, -0.25) is 0 Å². The highest BCUT2D eigenvalue weighted by Crippen LogP contribution is 2.13. The van der Waals surface area contributed by atoms with Crippen LogP contribution in [0.2, 0.25) is 0 Å². The Balaban J connectivity index is 0. The molecule has 0 saturated carbocycles. The summed E-state index contributed by atoms with van der Waals surface area (Å²) in [7, 11) is 0. The van der Waals surface area contributed by atoms with Crippen molar-refractivity contribution < 1.29 is 17.6 Å². The molecule has 0 radical (unpaired) electrons. The van der Waals surface area contributed by atoms with E-state index in [0.717, 1.165) is 36.9 Å². The molecular weight excluding hydrogens is 244 g/mol. The Morgan fingerprint density at radius 1 is 1.31 bits per heavy atom. The third-order valence-corrected chi connectivity index (χ3v) is 3.23. The molecule has 0 aromatic carbocycles. The number of thioether (sulfide) groups is 1. The monoisotopic (exact) mass is 267 g/mol. The van der Waals surface area contributed by atoms with E-state index in [2.05, 4.69) is 37.8 Å². The Morgan fingerprint density at radius 3 is 2.25 bits per heavy atom. The van der Waals surface area contributed by atoms with Crippen LogP contribution in [0, 0.1) is 5.92 Å². The minimum absolute atomic E-state index is 0. The molecule has 16 heavy (non-hydrogen) atoms. The molecule has 0 bridgehead atoms. The van der Waals surface area contributed by atoms with Gasteiger partial charge in [0.2, 0.25) is 0 Å². The number of hydrogen-bond acceptors (Lipinski definition) is 4. The Kier molecular flexibility index (Phi) is 13.3. The maximum Gasteiger partial charge on any atom is 0.113 e. The predicted octanol–water partition coefficient (Wildman–Crippen LogP) is -0.101. The van der Waals surface area contributed by atoms with Gasteiger partial charge in [-0.25, -0.2) is 0 Å². The highest BCUT2D eigenvalue weighted by Gasteiger charge is 2.06. The summed E-state index contributed by atoms with van der Waals surface area (Å²) in [5, 5.41) is 13.0. The average molecular weight is 268 g/mol. The lowest BCUT2D eigenvalue weighted by Crippen LogP contribution is -3.00. The van der Waals surface area contributed by atoms with E-state index in [4.69, 9.17) is 5.21 Å². The summed E-state index contributed by atoms with van der Waals surface area (Å²) in [5.41, 5.74) is 0. The summed E-state index contributed by atoms with van der Waals surface area (Å²) in [5.74, 6) is 1.56. The molecule has 0 aromatic heterocycles. The molecule has 5 heteroatoms. The zero-order valence-corrected chi connectivity index (χ0v) is 12.3. The lowest BCUT2D eigenvalue weighted by Gasteiger charge is -2.17. The van der Waals surface area contributed by atoms with Crippen LogP contribution >= 0.6 is 11.8 Å². The number of rotatable bonds is 7. The third-order valence-electron chi connectivity index (χ3n) is 2.27. The molecule has 0 atom stereocenters. The van der Waals surface area contributed by atoms with Crippen LogP contribution < -0.4 is 12.4 Å². The fraction of sp³-hybridized carbons (Fsp3) is 0.909. The second kappa shape index (κ2) is 11.6. The minimum Gasteiger partial charge on any atom is -1.00 e. The summed E-state index contributed by atoms with van der Waals surface area (Å²) < 4.78 is 0. The van der Waals surface area contributed by atoms with E-state index in [1.807, 2.05) is 0 Å². The average Bonchev–Trinajstić information content (AvgIpc) is 2.22. The van der Waals surface area contributed by atoms with Gasteiger partial charge in [0.25, 0.3) is 0 Å². The highest BCUT2D eigenvalue weighted by atomic mass is 35.5. The van der Waals surface area contributed by atoms with Crippen molar-refractivity contribution in [3.05, 3.63) is 0 Å². The van der Waals surface area contributed by atoms with Gasteiger partial charge in [-0.05, 0) is 19.0 Å². The first-order valence-electron chi connectivity index (χ1n) is 5.70. The molecule has 0 spiro atoms. The van der Waals surface area contributed by atoms with E-state index < -0.39 is 0 Å². The van der Waals surface area contributed by atoms with Gasteiger partial charge in [0, 0.05) is 18.7 Å². The quantitative estimate of drug-likeness (QED) is 0.303. The van der Waals surface area contributed by atoms with Gasteiger partial charge < -0.3 is 22.5 Å². The van der Waals surface area contributed by atoms with E-state index in [-0.39, 0.29) is 12.4 Å². The SMILES string of the molecule is CCN(CC)CCS/C(CC(C)C)=N/O.[Cl-]. The lowest BCUT2D eigenvalue weighted by atomic mass is 10.1. The van der Waals surface area contributed by atoms with Crippen LogP contribution in [0.1, 0.15) is 34.1 Å². The van der Waals surface area contributed by atoms with Crippen molar-refractivity contribution in [2.75, 3.05) is 25.4 Å². The number of hydrogen-bond donors (Lipinski definition) is 1. The molecule has 0 aliphatic rings. The minimum atomic E-state index is 0. The van der Waals surface area contributed by atoms with Crippen LogP contribution in [-0.4, -0.2) is 40.5 Å². The zero-order chi connectivity index (χ0) is 11.7. The highest BCUT2D eigenvalue weighted by molar-refractivity contribution is 8.13. The van der Waals surface area contributed by atoms with Gasteiger partial charge in [0.05, 0.1) is 0 Å². The Morgan fingerprint density at radius 2 is 1.88 bits per heavy atom. The maximum atomic E-state index is 8.81. The molecule has 0 aliphatic heterocycles. The van der Waals surface area contributed by atoms with Gasteiger partial charge in [0.1, 0.15) is 5.04 Å². The third kappa shape index (κ3) is 9.31. The molecule has 0 rings (SSSR count). The molecule has 0 fully saturated rings. The largest absolute Gasteiger partial charge is 1.00 e. The van der Waals surface area contributed by atoms with Crippen molar-refractivity contribution in [2.24, 2.45) is 11.1 Å². The van der Waals surface area contributed by atoms with Gasteiger partial charge in [-0.2, -0.15) is 0 Å². The summed E-state index contributed by atoms with van der Waals surface area (Å²) in [4.78, 5) is 2.37. The first-order valence-corrected chi connectivity index (χ1v) is 6.68. The van der Waals surface area contributed by atoms with Gasteiger partial charge in [-0.15, -0.1) is 11.8 Å². The van der Waals surface area contributed by atoms with Crippen LogP contribution in [0.25, 0.3) is 0 Å². The van der Waals surface area contributed by atoms with Gasteiger partial charge in [-0.1, -0.05) is 32.9 Å². The van der Waals surface area contributed by atoms with Gasteiger partial charge >= 0.3 is 0 Å². The molecule has 98 valence electrons. The van der Waals surface area contributed by atoms with Crippen molar-refractivity contribution in [1.29, 1.82) is 0 Å². The lowest BCUT2D eigenvalue weighted by molar-refractivity contribution is -0.00000434. The molecule has 3 nitrogen and oxygen atoms in total. The molecule has 0 aliphatic carbocycles.